The van der Waals surface area contributed by atoms with Gasteiger partial charge in [-0.15, -0.1) is 0 Å². The van der Waals surface area contributed by atoms with Gasteiger partial charge in [0.2, 0.25) is 0 Å². The van der Waals surface area contributed by atoms with Crippen molar-refractivity contribution in [3.63, 3.8) is 0 Å². The Morgan fingerprint density at radius 2 is 1.65 bits per heavy atom. The van der Waals surface area contributed by atoms with Gasteiger partial charge in [-0.1, -0.05) is 75.7 Å². The van der Waals surface area contributed by atoms with Gasteiger partial charge < -0.3 is 4.79 Å². The predicted octanol–water partition coefficient (Wildman–Crippen LogP) is 5.26. The second-order valence-corrected chi connectivity index (χ2v) is 8.40. The van der Waals surface area contributed by atoms with E-state index in [0.717, 1.165) is 0 Å². The molecule has 0 spiro atoms. The van der Waals surface area contributed by atoms with Gasteiger partial charge in [0.25, 0.3) is 0 Å². The average molecular weight is 304 g/mol. The fourth-order valence-corrected chi connectivity index (χ4v) is 5.40. The summed E-state index contributed by atoms with van der Waals surface area (Å²) in [6.45, 7) is 11.3. The minimum Gasteiger partial charge on any atom is -0.302 e. The Kier molecular flexibility index (Phi) is 2.64. The van der Waals surface area contributed by atoms with E-state index >= 15 is 0 Å². The Morgan fingerprint density at radius 1 is 0.957 bits per heavy atom. The van der Waals surface area contributed by atoms with Crippen LogP contribution in [0.5, 0.6) is 0 Å². The molecule has 1 nitrogen and oxygen atoms in total. The first kappa shape index (κ1) is 14.7. The molecule has 4 rings (SSSR count). The van der Waals surface area contributed by atoms with E-state index in [1.165, 1.54) is 34.1 Å². The van der Waals surface area contributed by atoms with Gasteiger partial charge in [-0.05, 0) is 40.0 Å². The van der Waals surface area contributed by atoms with Crippen LogP contribution in [0.25, 0.3) is 11.1 Å². The first-order valence-corrected chi connectivity index (χ1v) is 8.46. The molecule has 0 aromatic heterocycles. The molecule has 1 saturated carbocycles. The van der Waals surface area contributed by atoms with E-state index in [0.29, 0.717) is 0 Å². The highest BCUT2D eigenvalue weighted by atomic mass is 16.1. The zero-order valence-corrected chi connectivity index (χ0v) is 14.6. The van der Waals surface area contributed by atoms with Crippen molar-refractivity contribution in [3.05, 3.63) is 59.2 Å². The van der Waals surface area contributed by atoms with Crippen molar-refractivity contribution in [1.29, 1.82) is 0 Å². The molecule has 0 radical (unpaired) electrons. The van der Waals surface area contributed by atoms with Crippen LogP contribution in [0, 0.1) is 17.8 Å². The molecule has 118 valence electrons. The first-order valence-electron chi connectivity index (χ1n) is 8.46. The lowest BCUT2D eigenvalue weighted by Gasteiger charge is -2.72. The number of hydrogen-bond donors (Lipinski definition) is 0. The Balaban J connectivity index is 2.15. The van der Waals surface area contributed by atoms with Crippen LogP contribution in [0.3, 0.4) is 0 Å². The average Bonchev–Trinajstić information content (AvgIpc) is 2.52. The molecule has 0 heterocycles. The number of fused-ring (bicyclic) bond motifs is 6. The van der Waals surface area contributed by atoms with Crippen molar-refractivity contribution in [3.8, 4) is 11.1 Å². The molecule has 2 atom stereocenters. The molecule has 0 amide bonds. The quantitative estimate of drug-likeness (QED) is 0.657. The molecule has 0 unspecified atom stereocenters. The van der Waals surface area contributed by atoms with Crippen molar-refractivity contribution in [1.82, 2.24) is 0 Å². The number of carbonyl (C=O) groups excluding carboxylic acids is 1. The summed E-state index contributed by atoms with van der Waals surface area (Å²) in [5.41, 5.74) is 5.93. The molecule has 2 aromatic rings. The molecule has 2 aliphatic rings. The lowest BCUT2D eigenvalue weighted by atomic mass is 9.29. The number of carbonyl (C=O) groups is 1. The van der Waals surface area contributed by atoms with Crippen LogP contribution in [0.4, 0.5) is 0 Å². The summed E-state index contributed by atoms with van der Waals surface area (Å²) in [5, 5.41) is 0. The van der Waals surface area contributed by atoms with Crippen LogP contribution in [-0.4, -0.2) is 6.29 Å². The summed E-state index contributed by atoms with van der Waals surface area (Å²) < 4.78 is 0. The van der Waals surface area contributed by atoms with E-state index in [4.69, 9.17) is 0 Å². The molecule has 0 saturated heterocycles. The van der Waals surface area contributed by atoms with Crippen molar-refractivity contribution in [2.75, 3.05) is 0 Å². The maximum absolute atomic E-state index is 12.5. The molecule has 23 heavy (non-hydrogen) atoms. The van der Waals surface area contributed by atoms with Crippen LogP contribution in [-0.2, 0) is 10.2 Å². The number of rotatable bonds is 1. The van der Waals surface area contributed by atoms with E-state index in [1.54, 1.807) is 0 Å². The number of hydrogen-bond acceptors (Lipinski definition) is 1. The first-order chi connectivity index (χ1) is 10.8. The maximum atomic E-state index is 12.5. The summed E-state index contributed by atoms with van der Waals surface area (Å²) in [5.74, 6) is 0.243. The monoisotopic (exact) mass is 304 g/mol. The molecular formula is C22H24O. The van der Waals surface area contributed by atoms with Gasteiger partial charge in [0.15, 0.2) is 0 Å². The van der Waals surface area contributed by atoms with Crippen LogP contribution in [0.2, 0.25) is 0 Å². The summed E-state index contributed by atoms with van der Waals surface area (Å²) in [6, 6.07) is 15.2. The van der Waals surface area contributed by atoms with Crippen LogP contribution in [0.15, 0.2) is 42.5 Å². The number of aryl methyl sites for hydroxylation is 1. The largest absolute Gasteiger partial charge is 0.302 e. The topological polar surface area (TPSA) is 17.1 Å². The summed E-state index contributed by atoms with van der Waals surface area (Å²) >= 11 is 0. The fraction of sp³-hybridized carbons (Fsp3) is 0.409. The van der Waals surface area contributed by atoms with Gasteiger partial charge in [0.05, 0.1) is 5.41 Å². The van der Waals surface area contributed by atoms with Crippen LogP contribution >= 0.6 is 0 Å². The maximum Gasteiger partial charge on any atom is 0.131 e. The molecule has 2 aromatic carbocycles. The predicted molar refractivity (Wildman–Crippen MR) is 94.7 cm³/mol. The van der Waals surface area contributed by atoms with E-state index in [2.05, 4.69) is 77.1 Å². The SMILES string of the molecule is Cc1ccc2c(c1)[C@@H]1C(C)(C)C(C)(C)[C@]1(C=O)c1ccccc1-2. The molecule has 1 fully saturated rings. The third-order valence-electron chi connectivity index (χ3n) is 7.19. The normalized spacial score (nSPS) is 28.8. The standard InChI is InChI=1S/C22H24O/c1-14-10-11-15-16-8-6-7-9-18(16)22(13-23)19(17(15)12-14)20(2,3)21(22,4)5/h6-13,19H,1-5H3/t19-,22-/m1/s1. The summed E-state index contributed by atoms with van der Waals surface area (Å²) in [7, 11) is 0. The molecule has 1 heteroatoms. The van der Waals surface area contributed by atoms with E-state index < -0.39 is 5.41 Å². The van der Waals surface area contributed by atoms with Crippen molar-refractivity contribution in [2.45, 2.75) is 46.0 Å². The minimum atomic E-state index is -0.423. The van der Waals surface area contributed by atoms with Crippen LogP contribution < -0.4 is 0 Å². The minimum absolute atomic E-state index is 0.0734. The molecule has 0 aliphatic heterocycles. The summed E-state index contributed by atoms with van der Waals surface area (Å²) in [4.78, 5) is 12.5. The highest BCUT2D eigenvalue weighted by Crippen LogP contribution is 2.77. The fourth-order valence-electron chi connectivity index (χ4n) is 5.40. The third-order valence-corrected chi connectivity index (χ3v) is 7.19. The lowest BCUT2D eigenvalue weighted by molar-refractivity contribution is -0.163. The van der Waals surface area contributed by atoms with Gasteiger partial charge in [-0.3, -0.25) is 0 Å². The number of aldehydes is 1. The third kappa shape index (κ3) is 1.38. The smallest absolute Gasteiger partial charge is 0.131 e. The summed E-state index contributed by atoms with van der Waals surface area (Å²) in [6.07, 6.45) is 1.24. The second-order valence-electron chi connectivity index (χ2n) is 8.40. The van der Waals surface area contributed by atoms with E-state index in [-0.39, 0.29) is 16.7 Å². The Hall–Kier alpha value is -1.89. The van der Waals surface area contributed by atoms with Gasteiger partial charge in [-0.2, -0.15) is 0 Å². The van der Waals surface area contributed by atoms with E-state index in [1.807, 2.05) is 0 Å². The van der Waals surface area contributed by atoms with Crippen molar-refractivity contribution >= 4 is 6.29 Å². The molecule has 0 bridgehead atoms. The van der Waals surface area contributed by atoms with Crippen molar-refractivity contribution < 1.29 is 4.79 Å². The number of benzene rings is 2. The zero-order chi connectivity index (χ0) is 16.6. The van der Waals surface area contributed by atoms with Gasteiger partial charge in [0, 0.05) is 5.92 Å². The molecular weight excluding hydrogens is 280 g/mol. The molecule has 2 aliphatic carbocycles. The Morgan fingerprint density at radius 3 is 2.35 bits per heavy atom. The van der Waals surface area contributed by atoms with Gasteiger partial charge in [-0.25, -0.2) is 0 Å². The molecule has 0 N–H and O–H groups in total. The van der Waals surface area contributed by atoms with Crippen molar-refractivity contribution in [2.24, 2.45) is 10.8 Å². The van der Waals surface area contributed by atoms with E-state index in [9.17, 15) is 4.79 Å². The van der Waals surface area contributed by atoms with Gasteiger partial charge >= 0.3 is 0 Å². The Bertz CT molecular complexity index is 828. The zero-order valence-electron chi connectivity index (χ0n) is 14.6. The highest BCUT2D eigenvalue weighted by Gasteiger charge is 2.74. The Labute approximate surface area is 138 Å². The lowest BCUT2D eigenvalue weighted by Crippen LogP contribution is -2.70. The second kappa shape index (κ2) is 4.14. The highest BCUT2D eigenvalue weighted by molar-refractivity contribution is 5.88. The van der Waals surface area contributed by atoms with Gasteiger partial charge in [0.1, 0.15) is 6.29 Å². The van der Waals surface area contributed by atoms with Crippen LogP contribution in [0.1, 0.15) is 50.3 Å².